The van der Waals surface area contributed by atoms with Crippen molar-refractivity contribution in [2.45, 2.75) is 59.3 Å². The number of esters is 1. The van der Waals surface area contributed by atoms with Gasteiger partial charge in [0.05, 0.1) is 12.7 Å². The summed E-state index contributed by atoms with van der Waals surface area (Å²) in [5.74, 6) is 1.38. The average molecular weight is 501 g/mol. The van der Waals surface area contributed by atoms with Crippen molar-refractivity contribution in [2.24, 2.45) is 10.8 Å². The molecule has 0 radical (unpaired) electrons. The van der Waals surface area contributed by atoms with Gasteiger partial charge >= 0.3 is 5.97 Å². The minimum absolute atomic E-state index is 0.0222. The SMILES string of the molecule is COc1cccc(C(=O)Oc2ccc(C3C4=C(CC(C)(C)CC4=O)OC4=C3C(=O)CC(C)(C)C4)cc2)c1. The van der Waals surface area contributed by atoms with E-state index in [1.54, 1.807) is 36.4 Å². The summed E-state index contributed by atoms with van der Waals surface area (Å²) < 4.78 is 17.1. The Bertz CT molecular complexity index is 1300. The second-order valence-corrected chi connectivity index (χ2v) is 11.8. The molecule has 0 unspecified atom stereocenters. The number of methoxy groups -OCH3 is 1. The number of rotatable bonds is 4. The second kappa shape index (κ2) is 9.02. The van der Waals surface area contributed by atoms with E-state index in [4.69, 9.17) is 14.2 Å². The number of carbonyl (C=O) groups excluding carboxylic acids is 3. The predicted octanol–water partition coefficient (Wildman–Crippen LogP) is 6.31. The van der Waals surface area contributed by atoms with E-state index in [-0.39, 0.29) is 22.4 Å². The van der Waals surface area contributed by atoms with Crippen molar-refractivity contribution in [3.05, 3.63) is 82.3 Å². The monoisotopic (exact) mass is 500 g/mol. The highest BCUT2D eigenvalue weighted by Crippen LogP contribution is 2.53. The van der Waals surface area contributed by atoms with E-state index in [9.17, 15) is 14.4 Å². The largest absolute Gasteiger partial charge is 0.497 e. The van der Waals surface area contributed by atoms with Gasteiger partial charge in [0.2, 0.25) is 0 Å². The van der Waals surface area contributed by atoms with Crippen molar-refractivity contribution in [1.82, 2.24) is 0 Å². The Balaban J connectivity index is 1.49. The number of allylic oxidation sites excluding steroid dienone is 4. The van der Waals surface area contributed by atoms with Gasteiger partial charge in [0.1, 0.15) is 23.0 Å². The van der Waals surface area contributed by atoms with E-state index in [1.807, 2.05) is 12.1 Å². The molecule has 0 bridgehead atoms. The summed E-state index contributed by atoms with van der Waals surface area (Å²) in [6.45, 7) is 8.27. The Labute approximate surface area is 217 Å². The Hall–Kier alpha value is -3.67. The zero-order valence-corrected chi connectivity index (χ0v) is 22.0. The van der Waals surface area contributed by atoms with E-state index in [0.29, 0.717) is 65.4 Å². The van der Waals surface area contributed by atoms with Crippen molar-refractivity contribution < 1.29 is 28.6 Å². The van der Waals surface area contributed by atoms with Gasteiger partial charge in [-0.25, -0.2) is 4.79 Å². The molecular weight excluding hydrogens is 468 g/mol. The standard InChI is InChI=1S/C31H32O6/c1-30(2)14-22(32)27-24(16-30)37-25-17-31(3,4)15-23(33)28(25)26(27)18-9-11-20(12-10-18)36-29(34)19-7-6-8-21(13-19)35-5/h6-13,26H,14-17H2,1-5H3. The van der Waals surface area contributed by atoms with E-state index < -0.39 is 11.9 Å². The summed E-state index contributed by atoms with van der Waals surface area (Å²) in [7, 11) is 1.54. The van der Waals surface area contributed by atoms with Crippen LogP contribution in [0.15, 0.2) is 71.2 Å². The summed E-state index contributed by atoms with van der Waals surface area (Å²) in [4.78, 5) is 39.5. The fraction of sp³-hybridized carbons (Fsp3) is 0.387. The first-order valence-corrected chi connectivity index (χ1v) is 12.6. The van der Waals surface area contributed by atoms with Crippen molar-refractivity contribution in [3.8, 4) is 11.5 Å². The van der Waals surface area contributed by atoms with Gasteiger partial charge in [0, 0.05) is 42.7 Å². The van der Waals surface area contributed by atoms with Crippen molar-refractivity contribution >= 4 is 17.5 Å². The van der Waals surface area contributed by atoms with Crippen molar-refractivity contribution in [1.29, 1.82) is 0 Å². The fourth-order valence-corrected chi connectivity index (χ4v) is 5.65. The van der Waals surface area contributed by atoms with Crippen LogP contribution in [0.2, 0.25) is 0 Å². The van der Waals surface area contributed by atoms with Crippen LogP contribution in [0.4, 0.5) is 0 Å². The molecule has 5 rings (SSSR count). The molecule has 3 aliphatic rings. The smallest absolute Gasteiger partial charge is 0.343 e. The minimum Gasteiger partial charge on any atom is -0.497 e. The maximum absolute atomic E-state index is 13.4. The summed E-state index contributed by atoms with van der Waals surface area (Å²) in [5.41, 5.74) is 1.96. The molecule has 0 atom stereocenters. The highest BCUT2D eigenvalue weighted by molar-refractivity contribution is 6.06. The highest BCUT2D eigenvalue weighted by atomic mass is 16.5. The number of hydrogen-bond acceptors (Lipinski definition) is 6. The molecule has 0 amide bonds. The van der Waals surface area contributed by atoms with E-state index in [0.717, 1.165) is 5.56 Å². The molecule has 0 aromatic heterocycles. The lowest BCUT2D eigenvalue weighted by molar-refractivity contribution is -0.120. The number of carbonyl (C=O) groups is 3. The quantitative estimate of drug-likeness (QED) is 0.361. The third-order valence-corrected chi connectivity index (χ3v) is 7.31. The summed E-state index contributed by atoms with van der Waals surface area (Å²) in [5, 5.41) is 0. The Morgan fingerprint density at radius 2 is 1.38 bits per heavy atom. The van der Waals surface area contributed by atoms with Crippen LogP contribution in [0, 0.1) is 10.8 Å². The average Bonchev–Trinajstić information content (AvgIpc) is 2.81. The van der Waals surface area contributed by atoms with Gasteiger partial charge in [0.15, 0.2) is 11.6 Å². The highest BCUT2D eigenvalue weighted by Gasteiger charge is 2.47. The molecule has 0 saturated heterocycles. The van der Waals surface area contributed by atoms with Crippen LogP contribution in [0.1, 0.15) is 75.2 Å². The van der Waals surface area contributed by atoms with Gasteiger partial charge in [-0.15, -0.1) is 0 Å². The molecule has 2 aliphatic carbocycles. The molecule has 2 aromatic carbocycles. The number of hydrogen-bond donors (Lipinski definition) is 0. The van der Waals surface area contributed by atoms with Gasteiger partial charge < -0.3 is 14.2 Å². The molecule has 37 heavy (non-hydrogen) atoms. The Morgan fingerprint density at radius 3 is 1.92 bits per heavy atom. The van der Waals surface area contributed by atoms with Crippen LogP contribution in [0.5, 0.6) is 11.5 Å². The zero-order valence-electron chi connectivity index (χ0n) is 22.0. The second-order valence-electron chi connectivity index (χ2n) is 11.8. The molecule has 0 spiro atoms. The third-order valence-electron chi connectivity index (χ3n) is 7.31. The number of ketones is 2. The third kappa shape index (κ3) is 4.85. The molecule has 6 heteroatoms. The molecule has 192 valence electrons. The molecular formula is C31H32O6. The molecule has 6 nitrogen and oxygen atoms in total. The fourth-order valence-electron chi connectivity index (χ4n) is 5.65. The first-order chi connectivity index (χ1) is 17.5. The number of Topliss-reactive ketones (excluding diaryl/α,β-unsaturated/α-hetero) is 2. The van der Waals surface area contributed by atoms with Crippen LogP contribution >= 0.6 is 0 Å². The number of benzene rings is 2. The van der Waals surface area contributed by atoms with Crippen molar-refractivity contribution in [3.63, 3.8) is 0 Å². The first kappa shape index (κ1) is 25.0. The van der Waals surface area contributed by atoms with Crippen LogP contribution < -0.4 is 9.47 Å². The molecule has 0 N–H and O–H groups in total. The summed E-state index contributed by atoms with van der Waals surface area (Å²) in [6, 6.07) is 13.8. The van der Waals surface area contributed by atoms with Gasteiger partial charge in [-0.05, 0) is 46.7 Å². The van der Waals surface area contributed by atoms with Gasteiger partial charge in [-0.1, -0.05) is 45.9 Å². The Kier molecular flexibility index (Phi) is 6.09. The van der Waals surface area contributed by atoms with Gasteiger partial charge in [-0.2, -0.15) is 0 Å². The molecule has 0 saturated carbocycles. The topological polar surface area (TPSA) is 78.9 Å². The maximum Gasteiger partial charge on any atom is 0.343 e. The van der Waals surface area contributed by atoms with E-state index in [2.05, 4.69) is 27.7 Å². The van der Waals surface area contributed by atoms with Crippen molar-refractivity contribution in [2.75, 3.05) is 7.11 Å². The number of ether oxygens (including phenoxy) is 3. The molecule has 2 aromatic rings. The van der Waals surface area contributed by atoms with Crippen LogP contribution in [-0.2, 0) is 14.3 Å². The molecule has 1 heterocycles. The van der Waals surface area contributed by atoms with Crippen LogP contribution in [0.3, 0.4) is 0 Å². The predicted molar refractivity (Wildman–Crippen MR) is 138 cm³/mol. The zero-order chi connectivity index (χ0) is 26.5. The normalized spacial score (nSPS) is 20.7. The van der Waals surface area contributed by atoms with Gasteiger partial charge in [-0.3, -0.25) is 9.59 Å². The van der Waals surface area contributed by atoms with E-state index >= 15 is 0 Å². The van der Waals surface area contributed by atoms with Crippen LogP contribution in [-0.4, -0.2) is 24.6 Å². The van der Waals surface area contributed by atoms with Crippen LogP contribution in [0.25, 0.3) is 0 Å². The summed E-state index contributed by atoms with van der Waals surface area (Å²) in [6.07, 6.45) is 2.10. The maximum atomic E-state index is 13.4. The minimum atomic E-state index is -0.498. The van der Waals surface area contributed by atoms with Gasteiger partial charge in [0.25, 0.3) is 0 Å². The molecule has 0 fully saturated rings. The Morgan fingerprint density at radius 1 is 0.811 bits per heavy atom. The van der Waals surface area contributed by atoms with E-state index in [1.165, 1.54) is 7.11 Å². The first-order valence-electron chi connectivity index (χ1n) is 12.6. The lowest BCUT2D eigenvalue weighted by atomic mass is 9.65. The summed E-state index contributed by atoms with van der Waals surface area (Å²) >= 11 is 0. The molecule has 1 aliphatic heterocycles. The lowest BCUT2D eigenvalue weighted by Crippen LogP contribution is -2.37. The lowest BCUT2D eigenvalue weighted by Gasteiger charge is -2.42.